The summed E-state index contributed by atoms with van der Waals surface area (Å²) >= 11 is 1.91. The maximum Gasteiger partial charge on any atom is 0.0927 e. The Labute approximate surface area is 103 Å². The van der Waals surface area contributed by atoms with Gasteiger partial charge in [-0.15, -0.1) is 0 Å². The van der Waals surface area contributed by atoms with Gasteiger partial charge in [-0.3, -0.25) is 0 Å². The molecule has 2 nitrogen and oxygen atoms in total. The Morgan fingerprint density at radius 2 is 2.06 bits per heavy atom. The van der Waals surface area contributed by atoms with Gasteiger partial charge in [0, 0.05) is 11.5 Å². The predicted octanol–water partition coefficient (Wildman–Crippen LogP) is 2.55. The molecule has 1 saturated carbocycles. The van der Waals surface area contributed by atoms with E-state index in [4.69, 9.17) is 4.74 Å². The molecule has 1 aliphatic carbocycles. The normalized spacial score (nSPS) is 42.9. The topological polar surface area (TPSA) is 29.5 Å². The van der Waals surface area contributed by atoms with E-state index in [9.17, 15) is 5.11 Å². The molecule has 1 N–H and O–H groups in total. The van der Waals surface area contributed by atoms with Crippen molar-refractivity contribution in [1.29, 1.82) is 0 Å². The van der Waals surface area contributed by atoms with E-state index in [1.54, 1.807) is 0 Å². The molecule has 5 atom stereocenters. The molecule has 1 heterocycles. The zero-order chi connectivity index (χ0) is 11.5. The number of hydrogen-bond donors (Lipinski definition) is 1. The lowest BCUT2D eigenvalue weighted by atomic mass is 9.73. The van der Waals surface area contributed by atoms with Crippen LogP contribution in [0.2, 0.25) is 0 Å². The van der Waals surface area contributed by atoms with E-state index in [2.05, 4.69) is 13.8 Å². The van der Waals surface area contributed by atoms with Crippen LogP contribution >= 0.6 is 11.8 Å². The predicted molar refractivity (Wildman–Crippen MR) is 68.7 cm³/mol. The van der Waals surface area contributed by atoms with Gasteiger partial charge in [-0.05, 0) is 30.6 Å². The van der Waals surface area contributed by atoms with E-state index in [0.717, 1.165) is 29.9 Å². The summed E-state index contributed by atoms with van der Waals surface area (Å²) in [5.41, 5.74) is 0. The fourth-order valence-electron chi connectivity index (χ4n) is 2.91. The zero-order valence-electron chi connectivity index (χ0n) is 10.4. The molecule has 0 aromatic rings. The van der Waals surface area contributed by atoms with E-state index in [1.807, 2.05) is 11.8 Å². The van der Waals surface area contributed by atoms with Crippen LogP contribution in [0.15, 0.2) is 0 Å². The smallest absolute Gasteiger partial charge is 0.0927 e. The number of rotatable bonds is 2. The Bertz CT molecular complexity index is 216. The third-order valence-corrected chi connectivity index (χ3v) is 5.36. The summed E-state index contributed by atoms with van der Waals surface area (Å²) in [6, 6.07) is 0. The monoisotopic (exact) mass is 244 g/mol. The van der Waals surface area contributed by atoms with Gasteiger partial charge in [0.15, 0.2) is 0 Å². The first-order valence-electron chi connectivity index (χ1n) is 6.56. The van der Waals surface area contributed by atoms with Crippen molar-refractivity contribution in [2.24, 2.45) is 17.8 Å². The SMILES string of the molecule is CC1CCC(C(O)C2CSCCO2)CC1C. The molecule has 5 unspecified atom stereocenters. The molecule has 1 saturated heterocycles. The molecule has 0 amide bonds. The number of ether oxygens (including phenoxy) is 1. The van der Waals surface area contributed by atoms with Crippen LogP contribution in [-0.2, 0) is 4.74 Å². The van der Waals surface area contributed by atoms with Gasteiger partial charge in [-0.1, -0.05) is 20.3 Å². The Hall–Kier alpha value is 0.270. The molecule has 0 spiro atoms. The standard InChI is InChI=1S/C13H24O2S/c1-9-3-4-11(7-10(9)2)13(14)12-8-16-6-5-15-12/h9-14H,3-8H2,1-2H3. The molecule has 0 aromatic heterocycles. The van der Waals surface area contributed by atoms with Gasteiger partial charge in [0.2, 0.25) is 0 Å². The molecule has 3 heteroatoms. The van der Waals surface area contributed by atoms with Crippen LogP contribution in [0.1, 0.15) is 33.1 Å². The Morgan fingerprint density at radius 3 is 2.69 bits per heavy atom. The van der Waals surface area contributed by atoms with Crippen LogP contribution in [0.5, 0.6) is 0 Å². The Balaban J connectivity index is 1.86. The molecule has 94 valence electrons. The van der Waals surface area contributed by atoms with Crippen molar-refractivity contribution in [3.63, 3.8) is 0 Å². The maximum atomic E-state index is 10.4. The molecular formula is C13H24O2S. The summed E-state index contributed by atoms with van der Waals surface area (Å²) in [6.07, 6.45) is 3.47. The lowest BCUT2D eigenvalue weighted by Crippen LogP contribution is -2.42. The second-order valence-corrected chi connectivity index (χ2v) is 6.65. The molecule has 2 rings (SSSR count). The summed E-state index contributed by atoms with van der Waals surface area (Å²) in [4.78, 5) is 0. The average molecular weight is 244 g/mol. The number of aliphatic hydroxyl groups is 1. The summed E-state index contributed by atoms with van der Waals surface area (Å²) in [7, 11) is 0. The van der Waals surface area contributed by atoms with Crippen molar-refractivity contribution < 1.29 is 9.84 Å². The average Bonchev–Trinajstić information content (AvgIpc) is 2.33. The Kier molecular flexibility index (Phi) is 4.57. The van der Waals surface area contributed by atoms with E-state index >= 15 is 0 Å². The number of aliphatic hydroxyl groups excluding tert-OH is 1. The third kappa shape index (κ3) is 2.93. The van der Waals surface area contributed by atoms with Gasteiger partial charge in [-0.2, -0.15) is 11.8 Å². The lowest BCUT2D eigenvalue weighted by Gasteiger charge is -2.38. The van der Waals surface area contributed by atoms with Gasteiger partial charge >= 0.3 is 0 Å². The highest BCUT2D eigenvalue weighted by Gasteiger charge is 2.34. The highest BCUT2D eigenvalue weighted by molar-refractivity contribution is 7.99. The fraction of sp³-hybridized carbons (Fsp3) is 1.00. The van der Waals surface area contributed by atoms with Crippen LogP contribution < -0.4 is 0 Å². The first-order valence-corrected chi connectivity index (χ1v) is 7.71. The van der Waals surface area contributed by atoms with Gasteiger partial charge in [0.25, 0.3) is 0 Å². The van der Waals surface area contributed by atoms with E-state index < -0.39 is 0 Å². The van der Waals surface area contributed by atoms with E-state index in [-0.39, 0.29) is 12.2 Å². The molecule has 1 aliphatic heterocycles. The van der Waals surface area contributed by atoms with Crippen molar-refractivity contribution >= 4 is 11.8 Å². The summed E-state index contributed by atoms with van der Waals surface area (Å²) < 4.78 is 5.68. The minimum atomic E-state index is -0.234. The quantitative estimate of drug-likeness (QED) is 0.809. The van der Waals surface area contributed by atoms with Crippen molar-refractivity contribution in [2.75, 3.05) is 18.1 Å². The van der Waals surface area contributed by atoms with Crippen LogP contribution in [0.3, 0.4) is 0 Å². The van der Waals surface area contributed by atoms with Crippen molar-refractivity contribution in [1.82, 2.24) is 0 Å². The lowest BCUT2D eigenvalue weighted by molar-refractivity contribution is -0.0623. The van der Waals surface area contributed by atoms with Crippen molar-refractivity contribution in [3.8, 4) is 0 Å². The van der Waals surface area contributed by atoms with E-state index in [1.165, 1.54) is 19.3 Å². The van der Waals surface area contributed by atoms with Crippen LogP contribution in [0.25, 0.3) is 0 Å². The van der Waals surface area contributed by atoms with Gasteiger partial charge < -0.3 is 9.84 Å². The number of thioether (sulfide) groups is 1. The van der Waals surface area contributed by atoms with Gasteiger partial charge in [0.1, 0.15) is 0 Å². The molecular weight excluding hydrogens is 220 g/mol. The molecule has 2 aliphatic rings. The van der Waals surface area contributed by atoms with E-state index in [0.29, 0.717) is 5.92 Å². The molecule has 0 bridgehead atoms. The second kappa shape index (κ2) is 5.74. The van der Waals surface area contributed by atoms with Crippen molar-refractivity contribution in [3.05, 3.63) is 0 Å². The van der Waals surface area contributed by atoms with Crippen molar-refractivity contribution in [2.45, 2.75) is 45.3 Å². The molecule has 2 fully saturated rings. The summed E-state index contributed by atoms with van der Waals surface area (Å²) in [6.45, 7) is 5.46. The molecule has 0 aromatic carbocycles. The van der Waals surface area contributed by atoms with Gasteiger partial charge in [0.05, 0.1) is 18.8 Å². The third-order valence-electron chi connectivity index (χ3n) is 4.34. The summed E-state index contributed by atoms with van der Waals surface area (Å²) in [5, 5.41) is 10.4. The molecule has 0 radical (unpaired) electrons. The van der Waals surface area contributed by atoms with Crippen LogP contribution in [0, 0.1) is 17.8 Å². The maximum absolute atomic E-state index is 10.4. The minimum absolute atomic E-state index is 0.0874. The summed E-state index contributed by atoms with van der Waals surface area (Å²) in [5.74, 6) is 4.10. The fourth-order valence-corrected chi connectivity index (χ4v) is 3.81. The number of hydrogen-bond acceptors (Lipinski definition) is 3. The molecule has 16 heavy (non-hydrogen) atoms. The van der Waals surface area contributed by atoms with Crippen LogP contribution in [-0.4, -0.2) is 35.4 Å². The minimum Gasteiger partial charge on any atom is -0.390 e. The Morgan fingerprint density at radius 1 is 1.25 bits per heavy atom. The highest BCUT2D eigenvalue weighted by Crippen LogP contribution is 2.36. The largest absolute Gasteiger partial charge is 0.390 e. The highest BCUT2D eigenvalue weighted by atomic mass is 32.2. The van der Waals surface area contributed by atoms with Gasteiger partial charge in [-0.25, -0.2) is 0 Å². The first kappa shape index (κ1) is 12.7. The zero-order valence-corrected chi connectivity index (χ0v) is 11.2. The first-order chi connectivity index (χ1) is 7.68. The second-order valence-electron chi connectivity index (χ2n) is 5.50. The van der Waals surface area contributed by atoms with Crippen LogP contribution in [0.4, 0.5) is 0 Å².